The first kappa shape index (κ1) is 6.47. The lowest BCUT2D eigenvalue weighted by Gasteiger charge is -2.59. The molecule has 3 aliphatic carbocycles. The molecule has 4 aliphatic rings. The van der Waals surface area contributed by atoms with Crippen LogP contribution in [0.2, 0.25) is 0 Å². The molecule has 11 heavy (non-hydrogen) atoms. The van der Waals surface area contributed by atoms with Crippen molar-refractivity contribution in [3.63, 3.8) is 0 Å². The molecule has 4 rings (SSSR count). The van der Waals surface area contributed by atoms with Gasteiger partial charge in [0.1, 0.15) is 0 Å². The van der Waals surface area contributed by atoms with Gasteiger partial charge in [-0.25, -0.2) is 0 Å². The van der Waals surface area contributed by atoms with E-state index in [4.69, 9.17) is 4.74 Å². The molecule has 0 unspecified atom stereocenters. The van der Waals surface area contributed by atoms with Gasteiger partial charge in [-0.05, 0) is 36.5 Å². The van der Waals surface area contributed by atoms with Crippen LogP contribution in [0.5, 0.6) is 0 Å². The van der Waals surface area contributed by atoms with Crippen molar-refractivity contribution in [2.75, 3.05) is 6.61 Å². The zero-order valence-electron chi connectivity index (χ0n) is 7.39. The SMILES string of the molecule is CC1(C)[C@H]2CC[C@@]3(CO3)[C@H]1C2. The van der Waals surface area contributed by atoms with E-state index in [2.05, 4.69) is 13.8 Å². The van der Waals surface area contributed by atoms with Gasteiger partial charge in [0.25, 0.3) is 0 Å². The van der Waals surface area contributed by atoms with Crippen molar-refractivity contribution < 1.29 is 4.74 Å². The molecular weight excluding hydrogens is 136 g/mol. The molecule has 0 radical (unpaired) electrons. The molecule has 1 saturated heterocycles. The van der Waals surface area contributed by atoms with Gasteiger partial charge in [0.2, 0.25) is 0 Å². The number of hydrogen-bond donors (Lipinski definition) is 0. The highest BCUT2D eigenvalue weighted by molar-refractivity contribution is 5.15. The maximum absolute atomic E-state index is 5.62. The van der Waals surface area contributed by atoms with Crippen LogP contribution in [0.4, 0.5) is 0 Å². The molecule has 4 fully saturated rings. The Hall–Kier alpha value is -0.0400. The molecule has 0 aromatic rings. The number of rotatable bonds is 0. The number of ether oxygens (including phenoxy) is 1. The zero-order chi connectivity index (χ0) is 7.69. The fraction of sp³-hybridized carbons (Fsp3) is 1.00. The maximum atomic E-state index is 5.62. The van der Waals surface area contributed by atoms with E-state index in [1.165, 1.54) is 19.3 Å². The lowest BCUT2D eigenvalue weighted by molar-refractivity contribution is -0.115. The van der Waals surface area contributed by atoms with Crippen LogP contribution in [-0.4, -0.2) is 12.2 Å². The summed E-state index contributed by atoms with van der Waals surface area (Å²) in [5.41, 5.74) is 0.993. The fourth-order valence-corrected chi connectivity index (χ4v) is 3.43. The van der Waals surface area contributed by atoms with E-state index in [-0.39, 0.29) is 0 Å². The highest BCUT2D eigenvalue weighted by Gasteiger charge is 2.67. The normalized spacial score (nSPS) is 57.3. The average molecular weight is 152 g/mol. The summed E-state index contributed by atoms with van der Waals surface area (Å²) in [5.74, 6) is 1.91. The Morgan fingerprint density at radius 3 is 2.45 bits per heavy atom. The smallest absolute Gasteiger partial charge is 0.0949 e. The van der Waals surface area contributed by atoms with Crippen molar-refractivity contribution in [2.45, 2.75) is 38.7 Å². The van der Waals surface area contributed by atoms with Gasteiger partial charge in [-0.15, -0.1) is 0 Å². The largest absolute Gasteiger partial charge is 0.369 e. The molecule has 1 heteroatoms. The van der Waals surface area contributed by atoms with Crippen molar-refractivity contribution in [3.05, 3.63) is 0 Å². The second-order valence-electron chi connectivity index (χ2n) is 5.20. The standard InChI is InChI=1S/C10H16O/c1-9(2)7-3-4-10(6-11-10)8(9)5-7/h7-8H,3-6H2,1-2H3/t7-,8-,10+/m0/s1. The molecule has 1 spiro atoms. The fourth-order valence-electron chi connectivity index (χ4n) is 3.43. The summed E-state index contributed by atoms with van der Waals surface area (Å²) in [6.07, 6.45) is 4.22. The Bertz CT molecular complexity index is 199. The van der Waals surface area contributed by atoms with E-state index in [0.29, 0.717) is 11.0 Å². The van der Waals surface area contributed by atoms with E-state index in [9.17, 15) is 0 Å². The highest BCUT2D eigenvalue weighted by Crippen LogP contribution is 2.67. The van der Waals surface area contributed by atoms with Crippen LogP contribution in [-0.2, 0) is 4.74 Å². The Kier molecular flexibility index (Phi) is 0.893. The van der Waals surface area contributed by atoms with Crippen molar-refractivity contribution >= 4 is 0 Å². The topological polar surface area (TPSA) is 12.5 Å². The van der Waals surface area contributed by atoms with Crippen LogP contribution in [0, 0.1) is 17.3 Å². The third kappa shape index (κ3) is 0.581. The molecule has 1 nitrogen and oxygen atoms in total. The van der Waals surface area contributed by atoms with Crippen LogP contribution in [0.15, 0.2) is 0 Å². The Labute approximate surface area is 68.1 Å². The Balaban J connectivity index is 1.94. The highest BCUT2D eigenvalue weighted by atomic mass is 16.6. The van der Waals surface area contributed by atoms with E-state index in [1.54, 1.807) is 0 Å². The lowest BCUT2D eigenvalue weighted by atomic mass is 9.45. The van der Waals surface area contributed by atoms with Gasteiger partial charge in [0.15, 0.2) is 0 Å². The summed E-state index contributed by atoms with van der Waals surface area (Å²) in [5, 5.41) is 0. The predicted octanol–water partition coefficient (Wildman–Crippen LogP) is 2.21. The van der Waals surface area contributed by atoms with Crippen LogP contribution in [0.3, 0.4) is 0 Å². The zero-order valence-corrected chi connectivity index (χ0v) is 7.39. The number of fused-ring (bicyclic) bond motifs is 1. The average Bonchev–Trinajstić information content (AvgIpc) is 2.69. The van der Waals surface area contributed by atoms with Gasteiger partial charge in [-0.2, -0.15) is 0 Å². The minimum atomic E-state index is 0.387. The quantitative estimate of drug-likeness (QED) is 0.485. The van der Waals surface area contributed by atoms with Crippen LogP contribution >= 0.6 is 0 Å². The van der Waals surface area contributed by atoms with E-state index in [1.807, 2.05) is 0 Å². The molecule has 0 amide bonds. The van der Waals surface area contributed by atoms with E-state index >= 15 is 0 Å². The first-order valence-corrected chi connectivity index (χ1v) is 4.79. The molecule has 0 N–H and O–H groups in total. The first-order valence-electron chi connectivity index (χ1n) is 4.79. The molecule has 1 heterocycles. The summed E-state index contributed by atoms with van der Waals surface area (Å²) in [6, 6.07) is 0. The maximum Gasteiger partial charge on any atom is 0.0949 e. The second kappa shape index (κ2) is 1.52. The molecule has 3 saturated carbocycles. The van der Waals surface area contributed by atoms with Gasteiger partial charge in [-0.1, -0.05) is 13.8 Å². The van der Waals surface area contributed by atoms with Gasteiger partial charge in [0.05, 0.1) is 12.2 Å². The van der Waals surface area contributed by atoms with Crippen molar-refractivity contribution in [3.8, 4) is 0 Å². The molecule has 62 valence electrons. The second-order valence-corrected chi connectivity index (χ2v) is 5.20. The van der Waals surface area contributed by atoms with Gasteiger partial charge in [-0.3, -0.25) is 0 Å². The summed E-state index contributed by atoms with van der Waals surface area (Å²) >= 11 is 0. The van der Waals surface area contributed by atoms with Crippen molar-refractivity contribution in [2.24, 2.45) is 17.3 Å². The molecule has 0 aromatic heterocycles. The van der Waals surface area contributed by atoms with Crippen LogP contribution in [0.25, 0.3) is 0 Å². The summed E-state index contributed by atoms with van der Waals surface area (Å²) in [7, 11) is 0. The van der Waals surface area contributed by atoms with E-state index < -0.39 is 0 Å². The molecule has 0 aromatic carbocycles. The van der Waals surface area contributed by atoms with Crippen molar-refractivity contribution in [1.29, 1.82) is 0 Å². The van der Waals surface area contributed by atoms with Gasteiger partial charge in [0, 0.05) is 0 Å². The number of hydrogen-bond acceptors (Lipinski definition) is 1. The summed E-state index contributed by atoms with van der Waals surface area (Å²) in [4.78, 5) is 0. The summed E-state index contributed by atoms with van der Waals surface area (Å²) in [6.45, 7) is 5.91. The first-order chi connectivity index (χ1) is 5.15. The predicted molar refractivity (Wildman–Crippen MR) is 43.3 cm³/mol. The van der Waals surface area contributed by atoms with Crippen LogP contribution in [0.1, 0.15) is 33.1 Å². The lowest BCUT2D eigenvalue weighted by Crippen LogP contribution is -2.56. The minimum Gasteiger partial charge on any atom is -0.369 e. The van der Waals surface area contributed by atoms with Crippen molar-refractivity contribution in [1.82, 2.24) is 0 Å². The van der Waals surface area contributed by atoms with Crippen LogP contribution < -0.4 is 0 Å². The van der Waals surface area contributed by atoms with E-state index in [0.717, 1.165) is 18.4 Å². The third-order valence-corrected chi connectivity index (χ3v) is 4.54. The molecule has 3 atom stereocenters. The molecule has 2 bridgehead atoms. The summed E-state index contributed by atoms with van der Waals surface area (Å²) < 4.78 is 5.62. The monoisotopic (exact) mass is 152 g/mol. The van der Waals surface area contributed by atoms with Gasteiger partial charge < -0.3 is 4.74 Å². The minimum absolute atomic E-state index is 0.387. The molecular formula is C10H16O. The molecule has 1 aliphatic heterocycles. The van der Waals surface area contributed by atoms with Gasteiger partial charge >= 0.3 is 0 Å². The number of epoxide rings is 1. The third-order valence-electron chi connectivity index (χ3n) is 4.54. The Morgan fingerprint density at radius 1 is 1.36 bits per heavy atom. The Morgan fingerprint density at radius 2 is 2.09 bits per heavy atom.